The van der Waals surface area contributed by atoms with E-state index in [1.165, 1.54) is 6.07 Å². The number of halogens is 1. The summed E-state index contributed by atoms with van der Waals surface area (Å²) < 4.78 is 20.7. The van der Waals surface area contributed by atoms with Crippen LogP contribution in [0, 0.1) is 5.82 Å². The fraction of sp³-hybridized carbons (Fsp3) is 0.294. The lowest BCUT2D eigenvalue weighted by Crippen LogP contribution is -2.22. The molecule has 0 spiro atoms. The third-order valence-electron chi connectivity index (χ3n) is 4.00. The van der Waals surface area contributed by atoms with Crippen molar-refractivity contribution in [3.63, 3.8) is 0 Å². The van der Waals surface area contributed by atoms with E-state index in [9.17, 15) is 4.39 Å². The molecule has 0 N–H and O–H groups in total. The van der Waals surface area contributed by atoms with Crippen LogP contribution >= 0.6 is 0 Å². The van der Waals surface area contributed by atoms with Crippen LogP contribution in [0.5, 0.6) is 0 Å². The van der Waals surface area contributed by atoms with E-state index >= 15 is 0 Å². The molecule has 0 aliphatic rings. The fourth-order valence-corrected chi connectivity index (χ4v) is 2.60. The van der Waals surface area contributed by atoms with Crippen LogP contribution in [0.2, 0.25) is 0 Å². The van der Waals surface area contributed by atoms with Crippen LogP contribution in [0.4, 0.5) is 4.39 Å². The quantitative estimate of drug-likeness (QED) is 0.724. The topological polar surface area (TPSA) is 47.1 Å². The van der Waals surface area contributed by atoms with E-state index in [4.69, 9.17) is 4.52 Å². The van der Waals surface area contributed by atoms with E-state index in [1.807, 2.05) is 32.4 Å². The molecule has 0 fully saturated rings. The van der Waals surface area contributed by atoms with Crippen molar-refractivity contribution in [3.8, 4) is 11.3 Å². The highest BCUT2D eigenvalue weighted by Crippen LogP contribution is 2.27. The van der Waals surface area contributed by atoms with E-state index in [-0.39, 0.29) is 11.9 Å². The molecule has 0 saturated carbocycles. The summed E-state index contributed by atoms with van der Waals surface area (Å²) in [6, 6.07) is 8.64. The molecule has 5 nitrogen and oxygen atoms in total. The molecule has 0 amide bonds. The highest BCUT2D eigenvalue weighted by molar-refractivity contribution is 5.63. The summed E-state index contributed by atoms with van der Waals surface area (Å²) >= 11 is 0. The van der Waals surface area contributed by atoms with Crippen LogP contribution in [-0.4, -0.2) is 26.9 Å². The Labute approximate surface area is 134 Å². The SMILES string of the molecule is CC(c1ccon1)N(C)Cc1cn(C)nc1-c1ccccc1F. The highest BCUT2D eigenvalue weighted by atomic mass is 19.1. The summed E-state index contributed by atoms with van der Waals surface area (Å²) in [6.45, 7) is 2.68. The summed E-state index contributed by atoms with van der Waals surface area (Å²) in [4.78, 5) is 2.12. The Hall–Kier alpha value is -2.47. The van der Waals surface area contributed by atoms with Crippen molar-refractivity contribution in [2.24, 2.45) is 7.05 Å². The predicted octanol–water partition coefficient (Wildman–Crippen LogP) is 3.41. The molecule has 0 saturated heterocycles. The first kappa shape index (κ1) is 15.4. The van der Waals surface area contributed by atoms with Crippen LogP contribution in [0.1, 0.15) is 24.2 Å². The van der Waals surface area contributed by atoms with Gasteiger partial charge in [0.1, 0.15) is 17.8 Å². The summed E-state index contributed by atoms with van der Waals surface area (Å²) in [5.41, 5.74) is 3.02. The first-order valence-corrected chi connectivity index (χ1v) is 7.44. The number of nitrogens with zero attached hydrogens (tertiary/aromatic N) is 4. The largest absolute Gasteiger partial charge is 0.364 e. The lowest BCUT2D eigenvalue weighted by atomic mass is 10.1. The number of hydrogen-bond acceptors (Lipinski definition) is 4. The second-order valence-corrected chi connectivity index (χ2v) is 5.67. The lowest BCUT2D eigenvalue weighted by molar-refractivity contribution is 0.241. The fourth-order valence-electron chi connectivity index (χ4n) is 2.60. The zero-order chi connectivity index (χ0) is 16.4. The molecule has 6 heteroatoms. The monoisotopic (exact) mass is 314 g/mol. The van der Waals surface area contributed by atoms with Crippen LogP contribution < -0.4 is 0 Å². The van der Waals surface area contributed by atoms with Gasteiger partial charge in [-0.1, -0.05) is 17.3 Å². The smallest absolute Gasteiger partial charge is 0.132 e. The number of aromatic nitrogens is 3. The molecule has 3 rings (SSSR count). The summed E-state index contributed by atoms with van der Waals surface area (Å²) in [5, 5.41) is 8.41. The van der Waals surface area contributed by atoms with Crippen LogP contribution in [0.3, 0.4) is 0 Å². The van der Waals surface area contributed by atoms with Gasteiger partial charge in [-0.15, -0.1) is 0 Å². The Bertz CT molecular complexity index is 782. The second-order valence-electron chi connectivity index (χ2n) is 5.67. The van der Waals surface area contributed by atoms with E-state index in [1.54, 1.807) is 23.1 Å². The number of hydrogen-bond donors (Lipinski definition) is 0. The number of rotatable bonds is 5. The molecule has 0 aliphatic carbocycles. The number of benzene rings is 1. The van der Waals surface area contributed by atoms with Gasteiger partial charge in [0.25, 0.3) is 0 Å². The lowest BCUT2D eigenvalue weighted by Gasteiger charge is -2.22. The maximum Gasteiger partial charge on any atom is 0.132 e. The molecule has 1 aromatic carbocycles. The molecule has 120 valence electrons. The van der Waals surface area contributed by atoms with Gasteiger partial charge in [-0.3, -0.25) is 9.58 Å². The van der Waals surface area contributed by atoms with E-state index in [0.29, 0.717) is 17.8 Å². The van der Waals surface area contributed by atoms with Gasteiger partial charge in [0.15, 0.2) is 0 Å². The Kier molecular flexibility index (Phi) is 4.25. The van der Waals surface area contributed by atoms with Crippen molar-refractivity contribution in [1.29, 1.82) is 0 Å². The Morgan fingerprint density at radius 1 is 1.30 bits per heavy atom. The number of aryl methyl sites for hydroxylation is 1. The van der Waals surface area contributed by atoms with Gasteiger partial charge in [0.05, 0.1) is 11.7 Å². The first-order valence-electron chi connectivity index (χ1n) is 7.44. The predicted molar refractivity (Wildman–Crippen MR) is 85.0 cm³/mol. The summed E-state index contributed by atoms with van der Waals surface area (Å²) in [6.07, 6.45) is 3.49. The van der Waals surface area contributed by atoms with Crippen LogP contribution in [0.15, 0.2) is 47.3 Å². The van der Waals surface area contributed by atoms with Gasteiger partial charge >= 0.3 is 0 Å². The van der Waals surface area contributed by atoms with Gasteiger partial charge in [-0.25, -0.2) is 4.39 Å². The van der Waals surface area contributed by atoms with Crippen molar-refractivity contribution in [1.82, 2.24) is 19.8 Å². The normalized spacial score (nSPS) is 12.7. The molecule has 2 heterocycles. The molecule has 0 radical (unpaired) electrons. The minimum absolute atomic E-state index is 0.0856. The highest BCUT2D eigenvalue weighted by Gasteiger charge is 2.19. The molecular formula is C17H19FN4O. The Morgan fingerprint density at radius 3 is 2.78 bits per heavy atom. The third-order valence-corrected chi connectivity index (χ3v) is 4.00. The van der Waals surface area contributed by atoms with Gasteiger partial charge < -0.3 is 4.52 Å². The molecule has 3 aromatic rings. The third kappa shape index (κ3) is 3.17. The van der Waals surface area contributed by atoms with E-state index < -0.39 is 0 Å². The zero-order valence-corrected chi connectivity index (χ0v) is 13.4. The minimum Gasteiger partial charge on any atom is -0.364 e. The molecule has 0 aliphatic heterocycles. The zero-order valence-electron chi connectivity index (χ0n) is 13.4. The second kappa shape index (κ2) is 6.34. The van der Waals surface area contributed by atoms with Gasteiger partial charge in [0, 0.05) is 37.0 Å². The van der Waals surface area contributed by atoms with Gasteiger partial charge in [-0.05, 0) is 26.1 Å². The average molecular weight is 314 g/mol. The van der Waals surface area contributed by atoms with Crippen molar-refractivity contribution < 1.29 is 8.91 Å². The Balaban J connectivity index is 1.88. The van der Waals surface area contributed by atoms with Gasteiger partial charge in [-0.2, -0.15) is 5.10 Å². The van der Waals surface area contributed by atoms with Crippen LogP contribution in [0.25, 0.3) is 11.3 Å². The van der Waals surface area contributed by atoms with Crippen molar-refractivity contribution in [2.75, 3.05) is 7.05 Å². The van der Waals surface area contributed by atoms with E-state index in [2.05, 4.69) is 22.1 Å². The molecular weight excluding hydrogens is 295 g/mol. The average Bonchev–Trinajstić information content (AvgIpc) is 3.17. The van der Waals surface area contributed by atoms with Gasteiger partial charge in [0.2, 0.25) is 0 Å². The van der Waals surface area contributed by atoms with Crippen LogP contribution in [-0.2, 0) is 13.6 Å². The summed E-state index contributed by atoms with van der Waals surface area (Å²) in [7, 11) is 3.84. The maximum absolute atomic E-state index is 14.1. The standard InChI is InChI=1S/C17H19FN4O/c1-12(16-8-9-23-20-16)21(2)10-13-11-22(3)19-17(13)14-6-4-5-7-15(14)18/h4-9,11-12H,10H2,1-3H3. The molecule has 1 atom stereocenters. The molecule has 1 unspecified atom stereocenters. The molecule has 2 aromatic heterocycles. The first-order chi connectivity index (χ1) is 11.1. The van der Waals surface area contributed by atoms with Crippen molar-refractivity contribution in [2.45, 2.75) is 19.5 Å². The molecule has 0 bridgehead atoms. The van der Waals surface area contributed by atoms with E-state index in [0.717, 1.165) is 11.3 Å². The van der Waals surface area contributed by atoms with Crippen molar-refractivity contribution >= 4 is 0 Å². The van der Waals surface area contributed by atoms with Crippen molar-refractivity contribution in [3.05, 3.63) is 59.9 Å². The Morgan fingerprint density at radius 2 is 2.09 bits per heavy atom. The minimum atomic E-state index is -0.264. The molecule has 23 heavy (non-hydrogen) atoms. The maximum atomic E-state index is 14.1. The summed E-state index contributed by atoms with van der Waals surface area (Å²) in [5.74, 6) is -0.264.